The van der Waals surface area contributed by atoms with Crippen LogP contribution in [0.25, 0.3) is 0 Å². The molecule has 102 valence electrons. The maximum Gasteiger partial charge on any atom is 0.238 e. The molecule has 3 N–H and O–H groups in total. The van der Waals surface area contributed by atoms with Gasteiger partial charge in [0, 0.05) is 6.04 Å². The van der Waals surface area contributed by atoms with Gasteiger partial charge in [0.05, 0.1) is 4.90 Å². The number of primary sulfonamides is 1. The lowest BCUT2D eigenvalue weighted by Gasteiger charge is -2.17. The highest BCUT2D eigenvalue weighted by molar-refractivity contribution is 7.89. The quantitative estimate of drug-likeness (QED) is 0.791. The van der Waals surface area contributed by atoms with E-state index >= 15 is 0 Å². The number of nitrogens with one attached hydrogen (secondary N) is 1. The number of hydrogen-bond acceptors (Lipinski definition) is 3. The van der Waals surface area contributed by atoms with Crippen LogP contribution in [0.1, 0.15) is 32.3 Å². The summed E-state index contributed by atoms with van der Waals surface area (Å²) in [6.07, 6.45) is 3.16. The van der Waals surface area contributed by atoms with Crippen molar-refractivity contribution in [3.63, 3.8) is 0 Å². The number of rotatable bonds is 7. The first kappa shape index (κ1) is 15.1. The van der Waals surface area contributed by atoms with Crippen molar-refractivity contribution in [1.29, 1.82) is 0 Å². The maximum absolute atomic E-state index is 11.1. The fourth-order valence-corrected chi connectivity index (χ4v) is 2.53. The number of nitrogens with two attached hydrogens (primary N) is 1. The van der Waals surface area contributed by atoms with Gasteiger partial charge in [-0.2, -0.15) is 0 Å². The van der Waals surface area contributed by atoms with E-state index in [9.17, 15) is 8.42 Å². The lowest BCUT2D eigenvalue weighted by atomic mass is 10.0. The summed E-state index contributed by atoms with van der Waals surface area (Å²) in [4.78, 5) is 0.168. The third-order valence-corrected chi connectivity index (χ3v) is 3.79. The Balaban J connectivity index is 2.73. The molecule has 0 fully saturated rings. The second-order valence-electron chi connectivity index (χ2n) is 4.44. The van der Waals surface area contributed by atoms with Gasteiger partial charge in [-0.1, -0.05) is 32.4 Å². The van der Waals surface area contributed by atoms with E-state index in [0.29, 0.717) is 6.04 Å². The van der Waals surface area contributed by atoms with Crippen molar-refractivity contribution in [3.05, 3.63) is 29.8 Å². The van der Waals surface area contributed by atoms with Crippen molar-refractivity contribution in [1.82, 2.24) is 5.32 Å². The summed E-state index contributed by atoms with van der Waals surface area (Å²) < 4.78 is 22.3. The fraction of sp³-hybridized carbons (Fsp3) is 0.538. The predicted molar refractivity (Wildman–Crippen MR) is 73.9 cm³/mol. The van der Waals surface area contributed by atoms with Crippen molar-refractivity contribution in [3.8, 4) is 0 Å². The maximum atomic E-state index is 11.1. The Morgan fingerprint density at radius 3 is 2.28 bits per heavy atom. The molecule has 5 heteroatoms. The molecule has 0 bridgehead atoms. The van der Waals surface area contributed by atoms with Gasteiger partial charge >= 0.3 is 0 Å². The van der Waals surface area contributed by atoms with Crippen molar-refractivity contribution in [2.24, 2.45) is 5.14 Å². The normalized spacial score (nSPS) is 13.5. The summed E-state index contributed by atoms with van der Waals surface area (Å²) in [5.74, 6) is 0. The highest BCUT2D eigenvalue weighted by atomic mass is 32.2. The first-order valence-corrected chi connectivity index (χ1v) is 7.87. The molecule has 1 aromatic rings. The van der Waals surface area contributed by atoms with Gasteiger partial charge in [-0.15, -0.1) is 0 Å². The van der Waals surface area contributed by atoms with Gasteiger partial charge in [-0.05, 0) is 37.1 Å². The number of benzene rings is 1. The van der Waals surface area contributed by atoms with Gasteiger partial charge in [-0.25, -0.2) is 13.6 Å². The van der Waals surface area contributed by atoms with E-state index in [0.717, 1.165) is 31.4 Å². The molecule has 0 aromatic heterocycles. The zero-order chi connectivity index (χ0) is 13.6. The third-order valence-electron chi connectivity index (χ3n) is 2.86. The van der Waals surface area contributed by atoms with E-state index in [1.807, 2.05) is 12.1 Å². The third kappa shape index (κ3) is 4.76. The van der Waals surface area contributed by atoms with Gasteiger partial charge in [0.25, 0.3) is 0 Å². The number of hydrogen-bond donors (Lipinski definition) is 2. The second kappa shape index (κ2) is 6.87. The molecule has 1 rings (SSSR count). The lowest BCUT2D eigenvalue weighted by Crippen LogP contribution is -2.30. The second-order valence-corrected chi connectivity index (χ2v) is 6.00. The molecule has 1 unspecified atom stereocenters. The van der Waals surface area contributed by atoms with E-state index in [1.165, 1.54) is 0 Å². The zero-order valence-electron chi connectivity index (χ0n) is 11.0. The van der Waals surface area contributed by atoms with Crippen LogP contribution in [0, 0.1) is 0 Å². The van der Waals surface area contributed by atoms with Crippen LogP contribution in [-0.2, 0) is 16.4 Å². The van der Waals surface area contributed by atoms with Gasteiger partial charge < -0.3 is 5.32 Å². The number of likely N-dealkylation sites (N-methyl/N-ethyl adjacent to an activating group) is 1. The molecular weight excluding hydrogens is 248 g/mol. The Bertz CT molecular complexity index is 448. The average Bonchev–Trinajstić information content (AvgIpc) is 2.29. The van der Waals surface area contributed by atoms with Crippen molar-refractivity contribution >= 4 is 10.0 Å². The zero-order valence-corrected chi connectivity index (χ0v) is 11.8. The molecule has 0 radical (unpaired) electrons. The summed E-state index contributed by atoms with van der Waals surface area (Å²) in [5, 5.41) is 8.50. The monoisotopic (exact) mass is 270 g/mol. The smallest absolute Gasteiger partial charge is 0.238 e. The molecule has 18 heavy (non-hydrogen) atoms. The van der Waals surface area contributed by atoms with Crippen LogP contribution in [0.4, 0.5) is 0 Å². The van der Waals surface area contributed by atoms with Crippen LogP contribution in [-0.4, -0.2) is 21.0 Å². The van der Waals surface area contributed by atoms with Crippen LogP contribution in [0.5, 0.6) is 0 Å². The molecule has 0 saturated carbocycles. The minimum atomic E-state index is -3.58. The first-order valence-electron chi connectivity index (χ1n) is 6.32. The van der Waals surface area contributed by atoms with Crippen LogP contribution >= 0.6 is 0 Å². The Morgan fingerprint density at radius 1 is 1.22 bits per heavy atom. The summed E-state index contributed by atoms with van der Waals surface area (Å²) in [5.41, 5.74) is 1.13. The Labute approximate surface area is 110 Å². The minimum absolute atomic E-state index is 0.168. The van der Waals surface area contributed by atoms with Gasteiger partial charge in [0.2, 0.25) is 10.0 Å². The van der Waals surface area contributed by atoms with E-state index in [-0.39, 0.29) is 4.90 Å². The van der Waals surface area contributed by atoms with Gasteiger partial charge in [-0.3, -0.25) is 0 Å². The van der Waals surface area contributed by atoms with Crippen molar-refractivity contribution in [2.75, 3.05) is 6.54 Å². The topological polar surface area (TPSA) is 72.2 Å². The highest BCUT2D eigenvalue weighted by Gasteiger charge is 2.10. The van der Waals surface area contributed by atoms with E-state index in [2.05, 4.69) is 19.2 Å². The molecule has 0 aliphatic heterocycles. The summed E-state index contributed by atoms with van der Waals surface area (Å²) in [6.45, 7) is 5.20. The van der Waals surface area contributed by atoms with Crippen LogP contribution in [0.2, 0.25) is 0 Å². The van der Waals surface area contributed by atoms with Crippen LogP contribution in [0.15, 0.2) is 29.2 Å². The molecular formula is C13H22N2O2S. The van der Waals surface area contributed by atoms with E-state index in [1.54, 1.807) is 12.1 Å². The molecule has 0 aliphatic rings. The number of sulfonamides is 1. The molecule has 0 amide bonds. The molecule has 1 atom stereocenters. The predicted octanol–water partition coefficient (Wildman–Crippen LogP) is 1.65. The average molecular weight is 270 g/mol. The Kier molecular flexibility index (Phi) is 5.78. The van der Waals surface area contributed by atoms with Crippen molar-refractivity contribution < 1.29 is 8.42 Å². The molecule has 0 saturated heterocycles. The summed E-state index contributed by atoms with van der Waals surface area (Å²) in [7, 11) is -3.58. The standard InChI is InChI=1S/C13H22N2O2S/c1-3-5-12(15-4-2)10-11-6-8-13(9-7-11)18(14,16)17/h6-9,12,15H,3-5,10H2,1-2H3,(H2,14,16,17). The molecule has 0 heterocycles. The molecule has 4 nitrogen and oxygen atoms in total. The first-order chi connectivity index (χ1) is 8.47. The van der Waals surface area contributed by atoms with Crippen LogP contribution < -0.4 is 10.5 Å². The largest absolute Gasteiger partial charge is 0.314 e. The van der Waals surface area contributed by atoms with E-state index < -0.39 is 10.0 Å². The lowest BCUT2D eigenvalue weighted by molar-refractivity contribution is 0.486. The van der Waals surface area contributed by atoms with Gasteiger partial charge in [0.15, 0.2) is 0 Å². The Morgan fingerprint density at radius 2 is 1.83 bits per heavy atom. The molecule has 0 spiro atoms. The van der Waals surface area contributed by atoms with E-state index in [4.69, 9.17) is 5.14 Å². The highest BCUT2D eigenvalue weighted by Crippen LogP contribution is 2.12. The molecule has 1 aromatic carbocycles. The summed E-state index contributed by atoms with van der Waals surface area (Å²) in [6, 6.07) is 7.25. The fourth-order valence-electron chi connectivity index (χ4n) is 2.01. The SMILES string of the molecule is CCCC(Cc1ccc(S(N)(=O)=O)cc1)NCC. The van der Waals surface area contributed by atoms with Crippen LogP contribution in [0.3, 0.4) is 0 Å². The summed E-state index contributed by atoms with van der Waals surface area (Å²) >= 11 is 0. The van der Waals surface area contributed by atoms with Gasteiger partial charge in [0.1, 0.15) is 0 Å². The minimum Gasteiger partial charge on any atom is -0.314 e. The van der Waals surface area contributed by atoms with Crippen molar-refractivity contribution in [2.45, 2.75) is 44.0 Å². The Hall–Kier alpha value is -0.910. The molecule has 0 aliphatic carbocycles.